The number of nitrogens with zero attached hydrogens (tertiary/aromatic N) is 7. The molecule has 0 aliphatic heterocycles. The Labute approximate surface area is 123 Å². The van der Waals surface area contributed by atoms with Gasteiger partial charge >= 0.3 is 0 Å². The Kier molecular flexibility index (Phi) is 3.48. The molecule has 114 valence electrons. The second-order valence-corrected chi connectivity index (χ2v) is 6.51. The van der Waals surface area contributed by atoms with E-state index in [0.29, 0.717) is 30.9 Å². The third-order valence-electron chi connectivity index (χ3n) is 3.63. The van der Waals surface area contributed by atoms with Gasteiger partial charge in [0.15, 0.2) is 5.82 Å². The van der Waals surface area contributed by atoms with Crippen LogP contribution in [0.4, 0.5) is 0 Å². The monoisotopic (exact) mass is 291 g/mol. The third-order valence-corrected chi connectivity index (χ3v) is 3.63. The highest BCUT2D eigenvalue weighted by molar-refractivity contribution is 4.93. The average Bonchev–Trinajstić information content (AvgIpc) is 3.00. The second-order valence-electron chi connectivity index (χ2n) is 6.51. The predicted molar refractivity (Wildman–Crippen MR) is 74.1 cm³/mol. The third kappa shape index (κ3) is 3.26. The first-order valence-electron chi connectivity index (χ1n) is 7.24. The summed E-state index contributed by atoms with van der Waals surface area (Å²) in [4.78, 5) is 2.24. The van der Waals surface area contributed by atoms with Crippen LogP contribution >= 0.6 is 0 Å². The van der Waals surface area contributed by atoms with Crippen molar-refractivity contribution in [3.05, 3.63) is 17.6 Å². The normalized spacial score (nSPS) is 15.9. The maximum absolute atomic E-state index is 5.50. The van der Waals surface area contributed by atoms with E-state index in [1.54, 1.807) is 6.92 Å². The van der Waals surface area contributed by atoms with Crippen LogP contribution in [0.25, 0.3) is 0 Å². The molecule has 8 heteroatoms. The van der Waals surface area contributed by atoms with E-state index in [4.69, 9.17) is 4.42 Å². The largest absolute Gasteiger partial charge is 0.424 e. The first-order valence-corrected chi connectivity index (χ1v) is 7.24. The Balaban J connectivity index is 1.77. The van der Waals surface area contributed by atoms with Crippen LogP contribution in [0.2, 0.25) is 0 Å². The minimum absolute atomic E-state index is 0.0529. The molecule has 0 radical (unpaired) electrons. The van der Waals surface area contributed by atoms with Gasteiger partial charge in [0.2, 0.25) is 11.8 Å². The molecule has 8 nitrogen and oxygen atoms in total. The molecule has 1 fully saturated rings. The molecule has 21 heavy (non-hydrogen) atoms. The molecule has 2 aromatic rings. The summed E-state index contributed by atoms with van der Waals surface area (Å²) >= 11 is 0. The average molecular weight is 291 g/mol. The van der Waals surface area contributed by atoms with E-state index in [1.165, 1.54) is 0 Å². The van der Waals surface area contributed by atoms with E-state index in [-0.39, 0.29) is 5.54 Å². The van der Waals surface area contributed by atoms with Crippen LogP contribution in [0.15, 0.2) is 4.42 Å². The van der Waals surface area contributed by atoms with Crippen molar-refractivity contribution in [2.45, 2.75) is 65.2 Å². The molecule has 0 amide bonds. The van der Waals surface area contributed by atoms with Crippen LogP contribution in [-0.2, 0) is 13.1 Å². The highest BCUT2D eigenvalue weighted by atomic mass is 16.4. The van der Waals surface area contributed by atoms with E-state index < -0.39 is 0 Å². The number of aromatic nitrogens is 6. The lowest BCUT2D eigenvalue weighted by atomic mass is 10.1. The van der Waals surface area contributed by atoms with Crippen LogP contribution in [-0.4, -0.2) is 40.8 Å². The highest BCUT2D eigenvalue weighted by Crippen LogP contribution is 2.34. The molecule has 0 spiro atoms. The van der Waals surface area contributed by atoms with Crippen LogP contribution in [0.3, 0.4) is 0 Å². The molecule has 3 rings (SSSR count). The van der Waals surface area contributed by atoms with Crippen LogP contribution in [0.1, 0.15) is 57.3 Å². The van der Waals surface area contributed by atoms with Gasteiger partial charge in [-0.05, 0) is 44.0 Å². The van der Waals surface area contributed by atoms with Crippen molar-refractivity contribution in [2.75, 3.05) is 0 Å². The fourth-order valence-corrected chi connectivity index (χ4v) is 2.18. The van der Waals surface area contributed by atoms with Crippen molar-refractivity contribution in [1.29, 1.82) is 0 Å². The van der Waals surface area contributed by atoms with Gasteiger partial charge in [0.25, 0.3) is 0 Å². The molecule has 0 atom stereocenters. The molecular formula is C13H21N7O. The van der Waals surface area contributed by atoms with Gasteiger partial charge in [-0.25, -0.2) is 4.68 Å². The van der Waals surface area contributed by atoms with E-state index in [2.05, 4.69) is 51.4 Å². The Bertz CT molecular complexity index is 608. The molecule has 0 N–H and O–H groups in total. The number of hydrogen-bond acceptors (Lipinski definition) is 7. The Morgan fingerprint density at radius 3 is 2.52 bits per heavy atom. The van der Waals surface area contributed by atoms with Gasteiger partial charge in [0.1, 0.15) is 0 Å². The molecule has 1 aliphatic rings. The fraction of sp³-hybridized carbons (Fsp3) is 0.769. The van der Waals surface area contributed by atoms with Crippen molar-refractivity contribution in [2.24, 2.45) is 0 Å². The topological polar surface area (TPSA) is 85.8 Å². The van der Waals surface area contributed by atoms with E-state index in [9.17, 15) is 0 Å². The van der Waals surface area contributed by atoms with Gasteiger partial charge in [0.05, 0.1) is 19.1 Å². The van der Waals surface area contributed by atoms with E-state index in [0.717, 1.165) is 18.7 Å². The SMILES string of the molecule is Cc1nnc(CN(Cc2nnnn2C2CC2)C(C)(C)C)o1. The second kappa shape index (κ2) is 5.18. The van der Waals surface area contributed by atoms with Gasteiger partial charge in [-0.2, -0.15) is 0 Å². The summed E-state index contributed by atoms with van der Waals surface area (Å²) < 4.78 is 7.44. The first-order chi connectivity index (χ1) is 9.93. The van der Waals surface area contributed by atoms with Crippen LogP contribution in [0, 0.1) is 6.92 Å². The van der Waals surface area contributed by atoms with Crippen molar-refractivity contribution >= 4 is 0 Å². The molecule has 2 heterocycles. The Morgan fingerprint density at radius 1 is 1.19 bits per heavy atom. The zero-order chi connectivity index (χ0) is 15.0. The zero-order valence-corrected chi connectivity index (χ0v) is 12.9. The molecule has 0 unspecified atom stereocenters. The van der Waals surface area contributed by atoms with Crippen molar-refractivity contribution in [1.82, 2.24) is 35.3 Å². The summed E-state index contributed by atoms with van der Waals surface area (Å²) in [5.41, 5.74) is -0.0529. The number of tetrazole rings is 1. The Morgan fingerprint density at radius 2 is 1.95 bits per heavy atom. The fourth-order valence-electron chi connectivity index (χ4n) is 2.18. The summed E-state index contributed by atoms with van der Waals surface area (Å²) in [6.07, 6.45) is 2.33. The van der Waals surface area contributed by atoms with Gasteiger partial charge in [0, 0.05) is 12.5 Å². The minimum atomic E-state index is -0.0529. The number of aryl methyl sites for hydroxylation is 1. The van der Waals surface area contributed by atoms with Crippen molar-refractivity contribution in [3.63, 3.8) is 0 Å². The van der Waals surface area contributed by atoms with Crippen molar-refractivity contribution < 1.29 is 4.42 Å². The molecular weight excluding hydrogens is 270 g/mol. The maximum Gasteiger partial charge on any atom is 0.230 e. The quantitative estimate of drug-likeness (QED) is 0.825. The van der Waals surface area contributed by atoms with Gasteiger partial charge in [-0.1, -0.05) is 0 Å². The zero-order valence-electron chi connectivity index (χ0n) is 12.9. The molecule has 2 aromatic heterocycles. The lowest BCUT2D eigenvalue weighted by molar-refractivity contribution is 0.100. The van der Waals surface area contributed by atoms with Gasteiger partial charge < -0.3 is 4.42 Å². The molecule has 0 aromatic carbocycles. The summed E-state index contributed by atoms with van der Waals surface area (Å²) in [7, 11) is 0. The van der Waals surface area contributed by atoms with Crippen LogP contribution < -0.4 is 0 Å². The maximum atomic E-state index is 5.50. The standard InChI is InChI=1S/C13H21N7O/c1-9-14-16-12(21-9)8-19(13(2,3)4)7-11-15-17-18-20(11)10-5-6-10/h10H,5-8H2,1-4H3. The molecule has 1 aliphatic carbocycles. The van der Waals surface area contributed by atoms with Crippen molar-refractivity contribution in [3.8, 4) is 0 Å². The van der Waals surface area contributed by atoms with E-state index in [1.807, 2.05) is 4.68 Å². The summed E-state index contributed by atoms with van der Waals surface area (Å²) in [6.45, 7) is 9.51. The smallest absolute Gasteiger partial charge is 0.230 e. The number of rotatable bonds is 5. The summed E-state index contributed by atoms with van der Waals surface area (Å²) in [6, 6.07) is 0.475. The predicted octanol–water partition coefficient (Wildman–Crippen LogP) is 1.50. The first kappa shape index (κ1) is 14.1. The van der Waals surface area contributed by atoms with Gasteiger partial charge in [-0.3, -0.25) is 4.90 Å². The van der Waals surface area contributed by atoms with Gasteiger partial charge in [-0.15, -0.1) is 15.3 Å². The molecule has 1 saturated carbocycles. The minimum Gasteiger partial charge on any atom is -0.424 e. The van der Waals surface area contributed by atoms with Crippen LogP contribution in [0.5, 0.6) is 0 Å². The highest BCUT2D eigenvalue weighted by Gasteiger charge is 2.31. The number of hydrogen-bond donors (Lipinski definition) is 0. The summed E-state index contributed by atoms with van der Waals surface area (Å²) in [5.74, 6) is 2.10. The molecule has 0 saturated heterocycles. The lowest BCUT2D eigenvalue weighted by Gasteiger charge is -2.33. The van der Waals surface area contributed by atoms with E-state index >= 15 is 0 Å². The lowest BCUT2D eigenvalue weighted by Crippen LogP contribution is -2.41. The summed E-state index contributed by atoms with van der Waals surface area (Å²) in [5, 5.41) is 20.1. The molecule has 0 bridgehead atoms. The Hall–Kier alpha value is -1.83.